The van der Waals surface area contributed by atoms with Gasteiger partial charge in [0.15, 0.2) is 5.15 Å². The second-order valence-electron chi connectivity index (χ2n) is 3.22. The molecule has 2 rings (SSSR count). The number of imidazole rings is 1. The van der Waals surface area contributed by atoms with Gasteiger partial charge in [0.2, 0.25) is 5.78 Å². The number of fused-ring (bicyclic) bond motifs is 1. The number of aliphatic carboxylic acids is 1. The molecule has 1 N–H and O–H groups in total. The van der Waals surface area contributed by atoms with Crippen molar-refractivity contribution < 1.29 is 9.90 Å². The van der Waals surface area contributed by atoms with Crippen molar-refractivity contribution in [1.29, 1.82) is 0 Å². The molecule has 78 valence electrons. The van der Waals surface area contributed by atoms with Gasteiger partial charge in [-0.05, 0) is 12.5 Å². The number of halogens is 1. The van der Waals surface area contributed by atoms with Crippen molar-refractivity contribution in [3.8, 4) is 0 Å². The minimum absolute atomic E-state index is 0.162. The third-order valence-electron chi connectivity index (χ3n) is 1.98. The van der Waals surface area contributed by atoms with Crippen molar-refractivity contribution >= 4 is 23.3 Å². The SMILES string of the molecule is Cc1cnc2nc(Cl)c(CC(=O)O)n2c1. The van der Waals surface area contributed by atoms with Crippen LogP contribution >= 0.6 is 11.6 Å². The summed E-state index contributed by atoms with van der Waals surface area (Å²) in [5.41, 5.74) is 1.37. The molecule has 2 aromatic rings. The highest BCUT2D eigenvalue weighted by Gasteiger charge is 2.13. The van der Waals surface area contributed by atoms with E-state index in [4.69, 9.17) is 16.7 Å². The number of carboxylic acids is 1. The van der Waals surface area contributed by atoms with E-state index in [1.807, 2.05) is 6.92 Å². The number of carboxylic acid groups (broad SMARTS) is 1. The summed E-state index contributed by atoms with van der Waals surface area (Å²) in [5.74, 6) is -0.526. The molecular weight excluding hydrogens is 218 g/mol. The van der Waals surface area contributed by atoms with Crippen LogP contribution in [0.3, 0.4) is 0 Å². The van der Waals surface area contributed by atoms with Crippen molar-refractivity contribution in [3.05, 3.63) is 28.8 Å². The Bertz CT molecular complexity index is 535. The van der Waals surface area contributed by atoms with E-state index in [1.54, 1.807) is 16.8 Å². The van der Waals surface area contributed by atoms with E-state index in [-0.39, 0.29) is 11.6 Å². The van der Waals surface area contributed by atoms with Crippen molar-refractivity contribution in [2.45, 2.75) is 13.3 Å². The van der Waals surface area contributed by atoms with E-state index in [0.717, 1.165) is 5.56 Å². The van der Waals surface area contributed by atoms with E-state index < -0.39 is 5.97 Å². The maximum Gasteiger partial charge on any atom is 0.309 e. The van der Waals surface area contributed by atoms with Crippen LogP contribution in [-0.4, -0.2) is 25.4 Å². The lowest BCUT2D eigenvalue weighted by molar-refractivity contribution is -0.136. The topological polar surface area (TPSA) is 67.5 Å². The molecule has 0 aromatic carbocycles. The first kappa shape index (κ1) is 9.92. The van der Waals surface area contributed by atoms with Gasteiger partial charge in [-0.2, -0.15) is 4.98 Å². The fourth-order valence-corrected chi connectivity index (χ4v) is 1.58. The average molecular weight is 226 g/mol. The number of nitrogens with zero attached hydrogens (tertiary/aromatic N) is 3. The number of hydrogen-bond donors (Lipinski definition) is 1. The zero-order valence-corrected chi connectivity index (χ0v) is 8.69. The Morgan fingerprint density at radius 2 is 2.40 bits per heavy atom. The van der Waals surface area contributed by atoms with Crippen LogP contribution in [0.1, 0.15) is 11.3 Å². The summed E-state index contributed by atoms with van der Waals surface area (Å²) in [6.45, 7) is 1.87. The molecule has 0 unspecified atom stereocenters. The summed E-state index contributed by atoms with van der Waals surface area (Å²) < 4.78 is 1.60. The van der Waals surface area contributed by atoms with E-state index >= 15 is 0 Å². The van der Waals surface area contributed by atoms with Crippen molar-refractivity contribution in [2.75, 3.05) is 0 Å². The lowest BCUT2D eigenvalue weighted by atomic mass is 10.3. The highest BCUT2D eigenvalue weighted by atomic mass is 35.5. The highest BCUT2D eigenvalue weighted by Crippen LogP contribution is 2.17. The number of aromatic nitrogens is 3. The molecule has 2 aromatic heterocycles. The zero-order valence-electron chi connectivity index (χ0n) is 7.94. The molecule has 0 spiro atoms. The summed E-state index contributed by atoms with van der Waals surface area (Å²) in [4.78, 5) is 18.6. The Kier molecular flexibility index (Phi) is 2.32. The molecule has 0 aliphatic rings. The Morgan fingerprint density at radius 1 is 1.67 bits per heavy atom. The van der Waals surface area contributed by atoms with Gasteiger partial charge in [0.25, 0.3) is 0 Å². The summed E-state index contributed by atoms with van der Waals surface area (Å²) >= 11 is 5.83. The maximum absolute atomic E-state index is 10.6. The second-order valence-corrected chi connectivity index (χ2v) is 3.58. The van der Waals surface area contributed by atoms with Crippen LogP contribution in [0.25, 0.3) is 5.78 Å². The number of rotatable bonds is 2. The first-order chi connectivity index (χ1) is 7.08. The van der Waals surface area contributed by atoms with E-state index in [9.17, 15) is 4.79 Å². The first-order valence-corrected chi connectivity index (χ1v) is 4.66. The smallest absolute Gasteiger partial charge is 0.309 e. The van der Waals surface area contributed by atoms with Gasteiger partial charge in [0, 0.05) is 12.4 Å². The molecule has 0 amide bonds. The standard InChI is InChI=1S/C9H8ClN3O2/c1-5-3-11-9-12-8(10)6(2-7(14)15)13(9)4-5/h3-4H,2H2,1H3,(H,14,15). The van der Waals surface area contributed by atoms with E-state index in [2.05, 4.69) is 9.97 Å². The average Bonchev–Trinajstić information content (AvgIpc) is 2.43. The van der Waals surface area contributed by atoms with Crippen LogP contribution in [0.5, 0.6) is 0 Å². The van der Waals surface area contributed by atoms with Crippen LogP contribution in [0, 0.1) is 6.92 Å². The Labute approximate surface area is 90.3 Å². The minimum atomic E-state index is -0.944. The lowest BCUT2D eigenvalue weighted by Gasteiger charge is -1.99. The molecule has 0 radical (unpaired) electrons. The second kappa shape index (κ2) is 3.51. The third kappa shape index (κ3) is 1.78. The monoisotopic (exact) mass is 225 g/mol. The predicted octanol–water partition coefficient (Wildman–Crippen LogP) is 1.32. The van der Waals surface area contributed by atoms with Gasteiger partial charge in [-0.1, -0.05) is 11.6 Å². The lowest BCUT2D eigenvalue weighted by Crippen LogP contribution is -2.04. The summed E-state index contributed by atoms with van der Waals surface area (Å²) in [7, 11) is 0. The molecule has 0 bridgehead atoms. The Morgan fingerprint density at radius 3 is 3.07 bits per heavy atom. The fourth-order valence-electron chi connectivity index (χ4n) is 1.35. The quantitative estimate of drug-likeness (QED) is 0.837. The van der Waals surface area contributed by atoms with Gasteiger partial charge in [-0.25, -0.2) is 4.98 Å². The number of aryl methyl sites for hydroxylation is 1. The fraction of sp³-hybridized carbons (Fsp3) is 0.222. The molecule has 15 heavy (non-hydrogen) atoms. The van der Waals surface area contributed by atoms with Crippen molar-refractivity contribution in [3.63, 3.8) is 0 Å². The van der Waals surface area contributed by atoms with Gasteiger partial charge in [0.05, 0.1) is 12.1 Å². The maximum atomic E-state index is 10.6. The number of hydrogen-bond acceptors (Lipinski definition) is 3. The molecule has 0 fully saturated rings. The molecule has 2 heterocycles. The predicted molar refractivity (Wildman–Crippen MR) is 54.1 cm³/mol. The summed E-state index contributed by atoms with van der Waals surface area (Å²) in [6, 6.07) is 0. The summed E-state index contributed by atoms with van der Waals surface area (Å²) in [5, 5.41) is 8.91. The first-order valence-electron chi connectivity index (χ1n) is 4.29. The molecule has 0 aliphatic heterocycles. The molecule has 0 atom stereocenters. The molecule has 6 heteroatoms. The highest BCUT2D eigenvalue weighted by molar-refractivity contribution is 6.30. The molecular formula is C9H8ClN3O2. The van der Waals surface area contributed by atoms with Crippen LogP contribution in [0.4, 0.5) is 0 Å². The van der Waals surface area contributed by atoms with Crippen LogP contribution in [-0.2, 0) is 11.2 Å². The molecule has 0 saturated carbocycles. The van der Waals surface area contributed by atoms with Gasteiger partial charge < -0.3 is 5.11 Å². The third-order valence-corrected chi connectivity index (χ3v) is 2.28. The van der Waals surface area contributed by atoms with Gasteiger partial charge >= 0.3 is 5.97 Å². The minimum Gasteiger partial charge on any atom is -0.481 e. The molecule has 5 nitrogen and oxygen atoms in total. The van der Waals surface area contributed by atoms with Crippen LogP contribution in [0.15, 0.2) is 12.4 Å². The van der Waals surface area contributed by atoms with Crippen LogP contribution in [0.2, 0.25) is 5.15 Å². The van der Waals surface area contributed by atoms with Crippen molar-refractivity contribution in [2.24, 2.45) is 0 Å². The Balaban J connectivity index is 2.65. The Hall–Kier alpha value is -1.62. The van der Waals surface area contributed by atoms with Gasteiger partial charge in [-0.3, -0.25) is 9.20 Å². The largest absolute Gasteiger partial charge is 0.481 e. The van der Waals surface area contributed by atoms with E-state index in [1.165, 1.54) is 0 Å². The normalized spacial score (nSPS) is 10.8. The van der Waals surface area contributed by atoms with Crippen LogP contribution < -0.4 is 0 Å². The van der Waals surface area contributed by atoms with E-state index in [0.29, 0.717) is 11.5 Å². The molecule has 0 aliphatic carbocycles. The van der Waals surface area contributed by atoms with Gasteiger partial charge in [-0.15, -0.1) is 0 Å². The number of carbonyl (C=O) groups is 1. The molecule has 0 saturated heterocycles. The van der Waals surface area contributed by atoms with Gasteiger partial charge in [0.1, 0.15) is 0 Å². The van der Waals surface area contributed by atoms with Crippen molar-refractivity contribution in [1.82, 2.24) is 14.4 Å². The summed E-state index contributed by atoms with van der Waals surface area (Å²) in [6.07, 6.45) is 3.26. The zero-order chi connectivity index (χ0) is 11.0.